The molecule has 1 saturated heterocycles. The van der Waals surface area contributed by atoms with Gasteiger partial charge in [-0.25, -0.2) is 0 Å². The van der Waals surface area contributed by atoms with Crippen LogP contribution in [0.5, 0.6) is 0 Å². The number of nitrogens with one attached hydrogen (secondary N) is 1. The highest BCUT2D eigenvalue weighted by molar-refractivity contribution is 5.94. The maximum Gasteiger partial charge on any atom is 0.251 e. The molecule has 0 radical (unpaired) electrons. The van der Waals surface area contributed by atoms with Crippen molar-refractivity contribution in [3.05, 3.63) is 35.4 Å². The van der Waals surface area contributed by atoms with Gasteiger partial charge in [0.05, 0.1) is 6.61 Å². The van der Waals surface area contributed by atoms with Crippen LogP contribution in [0, 0.1) is 0 Å². The number of hydrogen-bond donors (Lipinski definition) is 2. The van der Waals surface area contributed by atoms with Crippen molar-refractivity contribution in [1.29, 1.82) is 0 Å². The number of benzene rings is 1. The molecule has 5 heteroatoms. The molecule has 1 aliphatic rings. The molecule has 20 heavy (non-hydrogen) atoms. The number of carbonyl (C=O) groups excluding carboxylic acids is 1. The van der Waals surface area contributed by atoms with E-state index in [0.717, 1.165) is 12.0 Å². The standard InChI is InChI=1S/C15H22N2O3/c1-15(2)19-10-13(20-15)9-17-14(18)12-5-3-11(4-6-12)7-8-16/h3-6,13H,7-10,16H2,1-2H3,(H,17,18). The van der Waals surface area contributed by atoms with E-state index >= 15 is 0 Å². The Kier molecular flexibility index (Phi) is 4.75. The fourth-order valence-corrected chi connectivity index (χ4v) is 2.16. The van der Waals surface area contributed by atoms with Gasteiger partial charge in [0.25, 0.3) is 5.91 Å². The normalized spacial score (nSPS) is 20.9. The summed E-state index contributed by atoms with van der Waals surface area (Å²) in [6.07, 6.45) is 0.731. The molecule has 1 amide bonds. The lowest BCUT2D eigenvalue weighted by molar-refractivity contribution is -0.137. The van der Waals surface area contributed by atoms with Crippen LogP contribution in [0.15, 0.2) is 24.3 Å². The number of ether oxygens (including phenoxy) is 2. The number of amides is 1. The highest BCUT2D eigenvalue weighted by Gasteiger charge is 2.32. The minimum absolute atomic E-state index is 0.0922. The van der Waals surface area contributed by atoms with Gasteiger partial charge >= 0.3 is 0 Å². The Morgan fingerprint density at radius 3 is 2.65 bits per heavy atom. The second-order valence-electron chi connectivity index (χ2n) is 5.40. The van der Waals surface area contributed by atoms with Gasteiger partial charge in [-0.3, -0.25) is 4.79 Å². The van der Waals surface area contributed by atoms with Crippen LogP contribution in [-0.4, -0.2) is 37.5 Å². The summed E-state index contributed by atoms with van der Waals surface area (Å²) >= 11 is 0. The van der Waals surface area contributed by atoms with E-state index in [1.807, 2.05) is 38.1 Å². The fourth-order valence-electron chi connectivity index (χ4n) is 2.16. The Balaban J connectivity index is 1.83. The highest BCUT2D eigenvalue weighted by Crippen LogP contribution is 2.21. The zero-order chi connectivity index (χ0) is 14.6. The minimum Gasteiger partial charge on any atom is -0.349 e. The second-order valence-corrected chi connectivity index (χ2v) is 5.40. The molecule has 0 aromatic heterocycles. The van der Waals surface area contributed by atoms with Crippen LogP contribution in [0.1, 0.15) is 29.8 Å². The van der Waals surface area contributed by atoms with Gasteiger partial charge in [-0.05, 0) is 44.5 Å². The number of nitrogens with two attached hydrogens (primary N) is 1. The molecule has 1 aromatic carbocycles. The molecule has 1 aromatic rings. The molecule has 0 aliphatic carbocycles. The summed E-state index contributed by atoms with van der Waals surface area (Å²) in [5, 5.41) is 2.86. The van der Waals surface area contributed by atoms with E-state index in [2.05, 4.69) is 5.32 Å². The van der Waals surface area contributed by atoms with E-state index in [4.69, 9.17) is 15.2 Å². The van der Waals surface area contributed by atoms with Crippen LogP contribution in [0.25, 0.3) is 0 Å². The average molecular weight is 278 g/mol. The van der Waals surface area contributed by atoms with Crippen LogP contribution < -0.4 is 11.1 Å². The first-order valence-electron chi connectivity index (χ1n) is 6.89. The zero-order valence-corrected chi connectivity index (χ0v) is 12.0. The monoisotopic (exact) mass is 278 g/mol. The molecule has 0 spiro atoms. The third-order valence-electron chi connectivity index (χ3n) is 3.21. The van der Waals surface area contributed by atoms with Gasteiger partial charge < -0.3 is 20.5 Å². The van der Waals surface area contributed by atoms with Gasteiger partial charge in [-0.1, -0.05) is 12.1 Å². The first-order valence-corrected chi connectivity index (χ1v) is 6.89. The number of rotatable bonds is 5. The van der Waals surface area contributed by atoms with E-state index in [9.17, 15) is 4.79 Å². The lowest BCUT2D eigenvalue weighted by atomic mass is 10.1. The van der Waals surface area contributed by atoms with E-state index in [0.29, 0.717) is 25.3 Å². The van der Waals surface area contributed by atoms with E-state index in [1.165, 1.54) is 0 Å². The van der Waals surface area contributed by atoms with E-state index in [1.54, 1.807) is 0 Å². The predicted octanol–water partition coefficient (Wildman–Crippen LogP) is 1.07. The molecule has 1 fully saturated rings. The Morgan fingerprint density at radius 1 is 1.40 bits per heavy atom. The second kappa shape index (κ2) is 6.35. The molecule has 1 aliphatic heterocycles. The van der Waals surface area contributed by atoms with Crippen LogP contribution in [0.4, 0.5) is 0 Å². The SMILES string of the molecule is CC1(C)OCC(CNC(=O)c2ccc(CCN)cc2)O1. The van der Waals surface area contributed by atoms with Crippen molar-refractivity contribution >= 4 is 5.91 Å². The van der Waals surface area contributed by atoms with Crippen molar-refractivity contribution in [1.82, 2.24) is 5.32 Å². The lowest BCUT2D eigenvalue weighted by Gasteiger charge is -2.17. The van der Waals surface area contributed by atoms with Gasteiger partial charge in [0.2, 0.25) is 0 Å². The quantitative estimate of drug-likeness (QED) is 0.845. The lowest BCUT2D eigenvalue weighted by Crippen LogP contribution is -2.34. The molecular weight excluding hydrogens is 256 g/mol. The maximum absolute atomic E-state index is 12.0. The van der Waals surface area contributed by atoms with Gasteiger partial charge in [0.15, 0.2) is 5.79 Å². The first-order chi connectivity index (χ1) is 9.50. The van der Waals surface area contributed by atoms with Gasteiger partial charge in [-0.15, -0.1) is 0 Å². The molecule has 3 N–H and O–H groups in total. The van der Waals surface area contributed by atoms with Crippen molar-refractivity contribution in [3.63, 3.8) is 0 Å². The summed E-state index contributed by atoms with van der Waals surface area (Å²) in [6, 6.07) is 7.49. The fraction of sp³-hybridized carbons (Fsp3) is 0.533. The minimum atomic E-state index is -0.556. The third kappa shape index (κ3) is 4.03. The van der Waals surface area contributed by atoms with Crippen LogP contribution in [0.3, 0.4) is 0 Å². The molecule has 2 rings (SSSR count). The molecule has 5 nitrogen and oxygen atoms in total. The molecule has 1 atom stereocenters. The van der Waals surface area contributed by atoms with Gasteiger partial charge in [0, 0.05) is 12.1 Å². The molecule has 0 saturated carbocycles. The van der Waals surface area contributed by atoms with E-state index < -0.39 is 5.79 Å². The summed E-state index contributed by atoms with van der Waals surface area (Å²) in [5.41, 5.74) is 7.27. The average Bonchev–Trinajstić information content (AvgIpc) is 2.77. The van der Waals surface area contributed by atoms with E-state index in [-0.39, 0.29) is 12.0 Å². The summed E-state index contributed by atoms with van der Waals surface area (Å²) < 4.78 is 11.1. The van der Waals surface area contributed by atoms with Crippen molar-refractivity contribution in [2.24, 2.45) is 5.73 Å². The Morgan fingerprint density at radius 2 is 2.10 bits per heavy atom. The summed E-state index contributed by atoms with van der Waals surface area (Å²) in [7, 11) is 0. The molecule has 1 unspecified atom stereocenters. The summed E-state index contributed by atoms with van der Waals surface area (Å²) in [5.74, 6) is -0.656. The molecule has 0 bridgehead atoms. The van der Waals surface area contributed by atoms with Crippen molar-refractivity contribution in [2.75, 3.05) is 19.7 Å². The number of carbonyl (C=O) groups is 1. The predicted molar refractivity (Wildman–Crippen MR) is 76.4 cm³/mol. The van der Waals surface area contributed by atoms with Gasteiger partial charge in [0.1, 0.15) is 6.10 Å². The van der Waals surface area contributed by atoms with Crippen molar-refractivity contribution in [3.8, 4) is 0 Å². The molecular formula is C15H22N2O3. The Labute approximate surface area is 119 Å². The van der Waals surface area contributed by atoms with Crippen LogP contribution in [0.2, 0.25) is 0 Å². The largest absolute Gasteiger partial charge is 0.349 e. The van der Waals surface area contributed by atoms with Crippen molar-refractivity contribution in [2.45, 2.75) is 32.2 Å². The third-order valence-corrected chi connectivity index (χ3v) is 3.21. The maximum atomic E-state index is 12.0. The smallest absolute Gasteiger partial charge is 0.251 e. The Bertz CT molecular complexity index is 457. The highest BCUT2D eigenvalue weighted by atomic mass is 16.7. The Hall–Kier alpha value is -1.43. The van der Waals surface area contributed by atoms with Gasteiger partial charge in [-0.2, -0.15) is 0 Å². The van der Waals surface area contributed by atoms with Crippen molar-refractivity contribution < 1.29 is 14.3 Å². The zero-order valence-electron chi connectivity index (χ0n) is 12.0. The molecule has 110 valence electrons. The topological polar surface area (TPSA) is 73.6 Å². The van der Waals surface area contributed by atoms with Crippen LogP contribution in [-0.2, 0) is 15.9 Å². The molecule has 1 heterocycles. The first kappa shape index (κ1) is 15.0. The number of hydrogen-bond acceptors (Lipinski definition) is 4. The summed E-state index contributed by atoms with van der Waals surface area (Å²) in [4.78, 5) is 12.0. The van der Waals surface area contributed by atoms with Crippen LogP contribution >= 0.6 is 0 Å². The summed E-state index contributed by atoms with van der Waals surface area (Å²) in [6.45, 7) is 5.30.